The number of nitrogens with one attached hydrogen (secondary N) is 1. The third-order valence-electron chi connectivity index (χ3n) is 3.30. The third kappa shape index (κ3) is 3.00. The number of aromatic nitrogens is 1. The summed E-state index contributed by atoms with van der Waals surface area (Å²) in [5.74, 6) is 0. The highest BCUT2D eigenvalue weighted by atomic mass is 35.5. The lowest BCUT2D eigenvalue weighted by Gasteiger charge is -2.15. The van der Waals surface area contributed by atoms with Gasteiger partial charge in [-0.2, -0.15) is 0 Å². The standard InChI is InChI=1S/C16H14Cl2N2S/c1-9-7-12(18)14(8-11(9)17)19-10(2)16-20-13-5-3-4-6-15(13)21-16/h3-8,10,19H,1-2H3. The van der Waals surface area contributed by atoms with Gasteiger partial charge in [0.25, 0.3) is 0 Å². The number of fused-ring (bicyclic) bond motifs is 1. The van der Waals surface area contributed by atoms with Crippen molar-refractivity contribution >= 4 is 50.4 Å². The smallest absolute Gasteiger partial charge is 0.116 e. The van der Waals surface area contributed by atoms with Crippen molar-refractivity contribution in [2.75, 3.05) is 5.32 Å². The first-order valence-electron chi connectivity index (χ1n) is 6.62. The zero-order valence-corrected chi connectivity index (χ0v) is 14.0. The fourth-order valence-corrected chi connectivity index (χ4v) is 3.53. The topological polar surface area (TPSA) is 24.9 Å². The van der Waals surface area contributed by atoms with E-state index in [4.69, 9.17) is 23.2 Å². The second-order valence-electron chi connectivity index (χ2n) is 4.97. The number of halogens is 2. The molecule has 5 heteroatoms. The average molecular weight is 337 g/mol. The molecule has 0 aliphatic heterocycles. The number of thiazole rings is 1. The molecule has 0 saturated heterocycles. The summed E-state index contributed by atoms with van der Waals surface area (Å²) in [6.45, 7) is 4.01. The van der Waals surface area contributed by atoms with Gasteiger partial charge in [0.15, 0.2) is 0 Å². The third-order valence-corrected chi connectivity index (χ3v) is 5.24. The number of anilines is 1. The number of hydrogen-bond donors (Lipinski definition) is 1. The predicted octanol–water partition coefficient (Wildman–Crippen LogP) is 6.08. The molecule has 1 atom stereocenters. The van der Waals surface area contributed by atoms with Crippen LogP contribution in [-0.2, 0) is 0 Å². The van der Waals surface area contributed by atoms with Gasteiger partial charge in [0.2, 0.25) is 0 Å². The number of rotatable bonds is 3. The maximum atomic E-state index is 6.27. The monoisotopic (exact) mass is 336 g/mol. The van der Waals surface area contributed by atoms with E-state index < -0.39 is 0 Å². The van der Waals surface area contributed by atoms with Crippen LogP contribution >= 0.6 is 34.5 Å². The molecule has 1 unspecified atom stereocenters. The molecule has 0 aliphatic rings. The molecule has 2 nitrogen and oxygen atoms in total. The molecule has 3 aromatic rings. The molecule has 0 amide bonds. The van der Waals surface area contributed by atoms with Gasteiger partial charge in [-0.25, -0.2) is 4.98 Å². The lowest BCUT2D eigenvalue weighted by Crippen LogP contribution is -2.06. The number of nitrogens with zero attached hydrogens (tertiary/aromatic N) is 1. The Morgan fingerprint density at radius 1 is 1.14 bits per heavy atom. The van der Waals surface area contributed by atoms with Gasteiger partial charge in [-0.05, 0) is 43.7 Å². The van der Waals surface area contributed by atoms with Crippen LogP contribution in [0.15, 0.2) is 36.4 Å². The summed E-state index contributed by atoms with van der Waals surface area (Å²) in [6.07, 6.45) is 0. The van der Waals surface area contributed by atoms with Crippen LogP contribution in [0.4, 0.5) is 5.69 Å². The Morgan fingerprint density at radius 3 is 2.67 bits per heavy atom. The largest absolute Gasteiger partial charge is 0.375 e. The molecule has 108 valence electrons. The van der Waals surface area contributed by atoms with Gasteiger partial charge in [-0.1, -0.05) is 35.3 Å². The lowest BCUT2D eigenvalue weighted by molar-refractivity contribution is 0.874. The van der Waals surface area contributed by atoms with E-state index in [1.807, 2.05) is 37.3 Å². The number of hydrogen-bond acceptors (Lipinski definition) is 3. The van der Waals surface area contributed by atoms with E-state index in [-0.39, 0.29) is 6.04 Å². The van der Waals surface area contributed by atoms with Crippen molar-refractivity contribution in [1.29, 1.82) is 0 Å². The summed E-state index contributed by atoms with van der Waals surface area (Å²) < 4.78 is 1.19. The van der Waals surface area contributed by atoms with Crippen molar-refractivity contribution in [2.45, 2.75) is 19.9 Å². The van der Waals surface area contributed by atoms with E-state index in [1.54, 1.807) is 11.3 Å². The number of benzene rings is 2. The first kappa shape index (κ1) is 14.6. The Kier molecular flexibility index (Phi) is 4.07. The predicted molar refractivity (Wildman–Crippen MR) is 92.9 cm³/mol. The van der Waals surface area contributed by atoms with Crippen LogP contribution in [0, 0.1) is 6.92 Å². The molecule has 1 aromatic heterocycles. The zero-order chi connectivity index (χ0) is 15.0. The van der Waals surface area contributed by atoms with Gasteiger partial charge < -0.3 is 5.32 Å². The Labute approximate surface area is 137 Å². The molecular formula is C16H14Cl2N2S. The molecule has 1 N–H and O–H groups in total. The SMILES string of the molecule is Cc1cc(Cl)c(NC(C)c2nc3ccccc3s2)cc1Cl. The first-order chi connectivity index (χ1) is 10.0. The zero-order valence-electron chi connectivity index (χ0n) is 11.7. The van der Waals surface area contributed by atoms with Crippen LogP contribution in [0.1, 0.15) is 23.5 Å². The maximum absolute atomic E-state index is 6.27. The summed E-state index contributed by atoms with van der Waals surface area (Å²) >= 11 is 14.1. The number of aryl methyl sites for hydroxylation is 1. The minimum absolute atomic E-state index is 0.0682. The second kappa shape index (κ2) is 5.84. The molecule has 3 rings (SSSR count). The van der Waals surface area contributed by atoms with Crippen molar-refractivity contribution in [2.24, 2.45) is 0 Å². The maximum Gasteiger partial charge on any atom is 0.116 e. The van der Waals surface area contributed by atoms with Gasteiger partial charge in [-0.3, -0.25) is 0 Å². The highest BCUT2D eigenvalue weighted by Gasteiger charge is 2.13. The molecule has 0 saturated carbocycles. The number of para-hydroxylation sites is 1. The quantitative estimate of drug-likeness (QED) is 0.626. The van der Waals surface area contributed by atoms with E-state index in [0.29, 0.717) is 10.0 Å². The van der Waals surface area contributed by atoms with Crippen LogP contribution in [0.3, 0.4) is 0 Å². The van der Waals surface area contributed by atoms with Crippen LogP contribution < -0.4 is 5.32 Å². The highest BCUT2D eigenvalue weighted by Crippen LogP contribution is 2.33. The first-order valence-corrected chi connectivity index (χ1v) is 8.19. The van der Waals surface area contributed by atoms with E-state index in [2.05, 4.69) is 23.3 Å². The van der Waals surface area contributed by atoms with Crippen molar-refractivity contribution < 1.29 is 0 Å². The summed E-state index contributed by atoms with van der Waals surface area (Å²) in [5.41, 5.74) is 2.83. The molecule has 0 radical (unpaired) electrons. The molecule has 0 bridgehead atoms. The minimum atomic E-state index is 0.0682. The summed E-state index contributed by atoms with van der Waals surface area (Å²) in [7, 11) is 0. The molecule has 2 aromatic carbocycles. The fourth-order valence-electron chi connectivity index (χ4n) is 2.13. The molecule has 0 spiro atoms. The van der Waals surface area contributed by atoms with Crippen LogP contribution in [0.2, 0.25) is 10.0 Å². The Hall–Kier alpha value is -1.29. The van der Waals surface area contributed by atoms with Crippen molar-refractivity contribution in [3.8, 4) is 0 Å². The van der Waals surface area contributed by atoms with Crippen LogP contribution in [0.5, 0.6) is 0 Å². The average Bonchev–Trinajstić information content (AvgIpc) is 2.88. The fraction of sp³-hybridized carbons (Fsp3) is 0.188. The minimum Gasteiger partial charge on any atom is -0.375 e. The van der Waals surface area contributed by atoms with Gasteiger partial charge in [0.05, 0.1) is 27.0 Å². The molecule has 0 aliphatic carbocycles. The Balaban J connectivity index is 1.89. The van der Waals surface area contributed by atoms with E-state index in [0.717, 1.165) is 21.8 Å². The van der Waals surface area contributed by atoms with E-state index >= 15 is 0 Å². The molecule has 0 fully saturated rings. The normalized spacial score (nSPS) is 12.6. The summed E-state index contributed by atoms with van der Waals surface area (Å²) in [4.78, 5) is 4.66. The molecular weight excluding hydrogens is 323 g/mol. The second-order valence-corrected chi connectivity index (χ2v) is 6.84. The Bertz CT molecular complexity index is 765. The van der Waals surface area contributed by atoms with Crippen LogP contribution in [-0.4, -0.2) is 4.98 Å². The van der Waals surface area contributed by atoms with Crippen molar-refractivity contribution in [3.05, 3.63) is 57.0 Å². The van der Waals surface area contributed by atoms with Gasteiger partial charge in [-0.15, -0.1) is 11.3 Å². The molecule has 21 heavy (non-hydrogen) atoms. The molecule has 1 heterocycles. The summed E-state index contributed by atoms with van der Waals surface area (Å²) in [5, 5.41) is 5.80. The van der Waals surface area contributed by atoms with Gasteiger partial charge in [0.1, 0.15) is 5.01 Å². The van der Waals surface area contributed by atoms with Gasteiger partial charge >= 0.3 is 0 Å². The highest BCUT2D eigenvalue weighted by molar-refractivity contribution is 7.18. The van der Waals surface area contributed by atoms with E-state index in [9.17, 15) is 0 Å². The van der Waals surface area contributed by atoms with Crippen molar-refractivity contribution in [3.63, 3.8) is 0 Å². The summed E-state index contributed by atoms with van der Waals surface area (Å²) in [6, 6.07) is 11.9. The Morgan fingerprint density at radius 2 is 1.90 bits per heavy atom. The van der Waals surface area contributed by atoms with Crippen molar-refractivity contribution in [1.82, 2.24) is 4.98 Å². The van der Waals surface area contributed by atoms with Gasteiger partial charge in [0, 0.05) is 5.02 Å². The lowest BCUT2D eigenvalue weighted by atomic mass is 10.2. The van der Waals surface area contributed by atoms with Crippen LogP contribution in [0.25, 0.3) is 10.2 Å². The van der Waals surface area contributed by atoms with E-state index in [1.165, 1.54) is 4.70 Å².